The minimum absolute atomic E-state index is 0.144. The number of carbonyl (C=O) groups is 5. The van der Waals surface area contributed by atoms with Gasteiger partial charge in [0.1, 0.15) is 18.1 Å². The van der Waals surface area contributed by atoms with Crippen LogP contribution in [0.2, 0.25) is 0 Å². The Bertz CT molecular complexity index is 735. The molecule has 0 bridgehead atoms. The summed E-state index contributed by atoms with van der Waals surface area (Å²) in [6, 6.07) is -4.09. The zero-order valence-electron chi connectivity index (χ0n) is 20.1. The van der Waals surface area contributed by atoms with Crippen LogP contribution in [0.15, 0.2) is 0 Å². The molecule has 35 heavy (non-hydrogen) atoms. The molecule has 1 fully saturated rings. The minimum atomic E-state index is -1.27. The van der Waals surface area contributed by atoms with Gasteiger partial charge in [0, 0.05) is 13.0 Å². The molecule has 10 N–H and O–H groups in total. The van der Waals surface area contributed by atoms with Crippen molar-refractivity contribution in [2.24, 2.45) is 17.2 Å². The summed E-state index contributed by atoms with van der Waals surface area (Å²) in [5.41, 5.74) is 16.9. The Balaban J connectivity index is 2.87. The maximum Gasteiger partial charge on any atom is 0.326 e. The lowest BCUT2D eigenvalue weighted by atomic mass is 10.1. The highest BCUT2D eigenvalue weighted by atomic mass is 16.4. The van der Waals surface area contributed by atoms with E-state index in [2.05, 4.69) is 10.6 Å². The standard InChI is InChI=1S/C22H40N6O7/c23-11-3-1-6-14(25)21(33)28-13-5-8-17(28)20(32)26-15(9-10-18(29)30)19(31)27-16(22(34)35)7-2-4-12-24/h14-17H,1-13,23-25H2,(H,26,32)(H,27,31)(H,29,30)(H,34,35). The zero-order valence-corrected chi connectivity index (χ0v) is 20.1. The number of carboxylic acids is 2. The number of unbranched alkanes of at least 4 members (excludes halogenated alkanes) is 2. The molecule has 3 amide bonds. The molecule has 13 heteroatoms. The van der Waals surface area contributed by atoms with Crippen molar-refractivity contribution in [3.63, 3.8) is 0 Å². The van der Waals surface area contributed by atoms with Crippen LogP contribution in [-0.2, 0) is 24.0 Å². The highest BCUT2D eigenvalue weighted by Gasteiger charge is 2.37. The van der Waals surface area contributed by atoms with Gasteiger partial charge in [-0.2, -0.15) is 0 Å². The lowest BCUT2D eigenvalue weighted by molar-refractivity contribution is -0.144. The molecule has 200 valence electrons. The Morgan fingerprint density at radius 2 is 1.51 bits per heavy atom. The Hall–Kier alpha value is -2.77. The van der Waals surface area contributed by atoms with Crippen molar-refractivity contribution in [2.45, 2.75) is 88.4 Å². The first-order valence-corrected chi connectivity index (χ1v) is 12.1. The third-order valence-corrected chi connectivity index (χ3v) is 5.97. The largest absolute Gasteiger partial charge is 0.481 e. The van der Waals surface area contributed by atoms with Crippen LogP contribution in [-0.4, -0.2) is 88.6 Å². The first-order chi connectivity index (χ1) is 16.6. The average molecular weight is 501 g/mol. The molecule has 1 aliphatic rings. The second-order valence-electron chi connectivity index (χ2n) is 8.76. The molecule has 1 aliphatic heterocycles. The summed E-state index contributed by atoms with van der Waals surface area (Å²) in [5.74, 6) is -4.18. The fraction of sp³-hybridized carbons (Fsp3) is 0.773. The summed E-state index contributed by atoms with van der Waals surface area (Å²) in [7, 11) is 0. The van der Waals surface area contributed by atoms with Gasteiger partial charge in [0.05, 0.1) is 6.04 Å². The van der Waals surface area contributed by atoms with Gasteiger partial charge in [-0.15, -0.1) is 0 Å². The van der Waals surface area contributed by atoms with E-state index in [1.54, 1.807) is 0 Å². The van der Waals surface area contributed by atoms with Crippen LogP contribution < -0.4 is 27.8 Å². The third-order valence-electron chi connectivity index (χ3n) is 5.97. The summed E-state index contributed by atoms with van der Waals surface area (Å²) in [6.07, 6.45) is 3.35. The van der Waals surface area contributed by atoms with E-state index in [4.69, 9.17) is 22.3 Å². The number of likely N-dealkylation sites (tertiary alicyclic amines) is 1. The summed E-state index contributed by atoms with van der Waals surface area (Å²) >= 11 is 0. The van der Waals surface area contributed by atoms with Crippen LogP contribution in [0.1, 0.15) is 64.2 Å². The van der Waals surface area contributed by atoms with Crippen molar-refractivity contribution in [1.29, 1.82) is 0 Å². The zero-order chi connectivity index (χ0) is 26.4. The van der Waals surface area contributed by atoms with Gasteiger partial charge in [-0.3, -0.25) is 19.2 Å². The number of hydrogen-bond acceptors (Lipinski definition) is 8. The van der Waals surface area contributed by atoms with Gasteiger partial charge in [-0.05, 0) is 64.5 Å². The molecule has 4 unspecified atom stereocenters. The topological polar surface area (TPSA) is 231 Å². The third kappa shape index (κ3) is 10.6. The van der Waals surface area contributed by atoms with Crippen LogP contribution in [0, 0.1) is 0 Å². The maximum absolute atomic E-state index is 13.0. The van der Waals surface area contributed by atoms with Crippen molar-refractivity contribution < 1.29 is 34.2 Å². The number of rotatable bonds is 17. The van der Waals surface area contributed by atoms with Gasteiger partial charge in [0.2, 0.25) is 17.7 Å². The first kappa shape index (κ1) is 30.3. The quantitative estimate of drug-likeness (QED) is 0.114. The second kappa shape index (κ2) is 16.0. The Morgan fingerprint density at radius 1 is 0.886 bits per heavy atom. The van der Waals surface area contributed by atoms with Gasteiger partial charge < -0.3 is 42.9 Å². The first-order valence-electron chi connectivity index (χ1n) is 12.1. The summed E-state index contributed by atoms with van der Waals surface area (Å²) < 4.78 is 0. The SMILES string of the molecule is NCCCCC(N)C(=O)N1CCCC1C(=O)NC(CCC(=O)O)C(=O)NC(CCCCN)C(=O)O. The molecule has 13 nitrogen and oxygen atoms in total. The minimum Gasteiger partial charge on any atom is -0.481 e. The van der Waals surface area contributed by atoms with E-state index in [1.807, 2.05) is 0 Å². The molecular formula is C22H40N6O7. The van der Waals surface area contributed by atoms with E-state index >= 15 is 0 Å². The van der Waals surface area contributed by atoms with Gasteiger partial charge >= 0.3 is 11.9 Å². The maximum atomic E-state index is 13.0. The summed E-state index contributed by atoms with van der Waals surface area (Å²) in [5, 5.41) is 23.4. The number of amides is 3. The summed E-state index contributed by atoms with van der Waals surface area (Å²) in [4.78, 5) is 62.6. The highest BCUT2D eigenvalue weighted by molar-refractivity contribution is 5.94. The van der Waals surface area contributed by atoms with Gasteiger partial charge in [0.15, 0.2) is 0 Å². The van der Waals surface area contributed by atoms with Crippen LogP contribution >= 0.6 is 0 Å². The van der Waals surface area contributed by atoms with Gasteiger partial charge in [-0.1, -0.05) is 6.42 Å². The van der Waals surface area contributed by atoms with Gasteiger partial charge in [-0.25, -0.2) is 4.79 Å². The molecule has 0 aliphatic carbocycles. The number of nitrogens with two attached hydrogens (primary N) is 3. The molecule has 1 saturated heterocycles. The Labute approximate surface area is 205 Å². The fourth-order valence-electron chi connectivity index (χ4n) is 3.98. The van der Waals surface area contributed by atoms with E-state index in [0.717, 1.165) is 6.42 Å². The fourth-order valence-corrected chi connectivity index (χ4v) is 3.98. The van der Waals surface area contributed by atoms with E-state index in [0.29, 0.717) is 58.2 Å². The smallest absolute Gasteiger partial charge is 0.326 e. The van der Waals surface area contributed by atoms with E-state index < -0.39 is 54.3 Å². The summed E-state index contributed by atoms with van der Waals surface area (Å²) in [6.45, 7) is 1.21. The average Bonchev–Trinajstić information content (AvgIpc) is 3.30. The molecule has 0 aromatic rings. The Morgan fingerprint density at radius 3 is 2.09 bits per heavy atom. The normalized spacial score (nSPS) is 17.9. The number of hydrogen-bond donors (Lipinski definition) is 7. The molecule has 0 saturated carbocycles. The van der Waals surface area contributed by atoms with Crippen molar-refractivity contribution in [3.8, 4) is 0 Å². The molecule has 0 radical (unpaired) electrons. The van der Waals surface area contributed by atoms with E-state index in [-0.39, 0.29) is 18.7 Å². The van der Waals surface area contributed by atoms with Crippen LogP contribution in [0.4, 0.5) is 0 Å². The van der Waals surface area contributed by atoms with Crippen molar-refractivity contribution in [1.82, 2.24) is 15.5 Å². The molecule has 1 rings (SSSR count). The predicted molar refractivity (Wildman–Crippen MR) is 127 cm³/mol. The van der Waals surface area contributed by atoms with Crippen LogP contribution in [0.5, 0.6) is 0 Å². The lowest BCUT2D eigenvalue weighted by Crippen LogP contribution is -2.56. The molecule has 0 spiro atoms. The highest BCUT2D eigenvalue weighted by Crippen LogP contribution is 2.20. The lowest BCUT2D eigenvalue weighted by Gasteiger charge is -2.28. The molecular weight excluding hydrogens is 460 g/mol. The van der Waals surface area contributed by atoms with E-state index in [9.17, 15) is 29.1 Å². The molecule has 0 aromatic carbocycles. The second-order valence-corrected chi connectivity index (χ2v) is 8.76. The number of carbonyl (C=O) groups excluding carboxylic acids is 3. The van der Waals surface area contributed by atoms with Crippen molar-refractivity contribution in [3.05, 3.63) is 0 Å². The monoisotopic (exact) mass is 500 g/mol. The number of aliphatic carboxylic acids is 2. The number of nitrogens with zero attached hydrogens (tertiary/aromatic N) is 1. The molecule has 0 aromatic heterocycles. The number of carboxylic acid groups (broad SMARTS) is 2. The number of nitrogens with one attached hydrogen (secondary N) is 2. The van der Waals surface area contributed by atoms with Crippen molar-refractivity contribution in [2.75, 3.05) is 19.6 Å². The van der Waals surface area contributed by atoms with Crippen molar-refractivity contribution >= 4 is 29.7 Å². The van der Waals surface area contributed by atoms with Crippen LogP contribution in [0.3, 0.4) is 0 Å². The molecule has 4 atom stereocenters. The molecule has 1 heterocycles. The Kier molecular flexibility index (Phi) is 13.8. The van der Waals surface area contributed by atoms with E-state index in [1.165, 1.54) is 4.90 Å². The van der Waals surface area contributed by atoms with Gasteiger partial charge in [0.25, 0.3) is 0 Å². The van der Waals surface area contributed by atoms with Crippen LogP contribution in [0.25, 0.3) is 0 Å². The predicted octanol–water partition coefficient (Wildman–Crippen LogP) is -1.52.